The molecule has 1 atom stereocenters. The molecular weight excluding hydrogens is 214 g/mol. The molecule has 3 amide bonds. The summed E-state index contributed by atoms with van der Waals surface area (Å²) in [5.74, 6) is -2.09. The van der Waals surface area contributed by atoms with Crippen LogP contribution in [0.4, 0.5) is 4.79 Å². The summed E-state index contributed by atoms with van der Waals surface area (Å²) in [6.07, 6.45) is -0.438. The molecule has 0 aromatic heterocycles. The van der Waals surface area contributed by atoms with Crippen molar-refractivity contribution in [2.24, 2.45) is 5.73 Å². The maximum atomic E-state index is 11.3. The number of carboxylic acid groups (broad SMARTS) is 1. The van der Waals surface area contributed by atoms with Gasteiger partial charge in [0.15, 0.2) is 0 Å². The Hall–Kier alpha value is -1.79. The van der Waals surface area contributed by atoms with E-state index in [1.165, 1.54) is 0 Å². The molecule has 16 heavy (non-hydrogen) atoms. The number of hydrogen-bond donors (Lipinski definition) is 4. The van der Waals surface area contributed by atoms with E-state index in [9.17, 15) is 14.4 Å². The number of rotatable bonds is 4. The lowest BCUT2D eigenvalue weighted by atomic mass is 10.1. The van der Waals surface area contributed by atoms with Gasteiger partial charge in [-0.3, -0.25) is 4.79 Å². The molecule has 0 saturated heterocycles. The van der Waals surface area contributed by atoms with E-state index in [-0.39, 0.29) is 0 Å². The van der Waals surface area contributed by atoms with Gasteiger partial charge in [-0.25, -0.2) is 9.59 Å². The molecule has 0 spiro atoms. The van der Waals surface area contributed by atoms with Crippen LogP contribution in [0.3, 0.4) is 0 Å². The van der Waals surface area contributed by atoms with Gasteiger partial charge in [0.25, 0.3) is 0 Å². The molecule has 5 N–H and O–H groups in total. The van der Waals surface area contributed by atoms with E-state index < -0.39 is 35.9 Å². The van der Waals surface area contributed by atoms with Crippen LogP contribution >= 0.6 is 0 Å². The zero-order valence-corrected chi connectivity index (χ0v) is 9.53. The van der Waals surface area contributed by atoms with Crippen LogP contribution in [0.2, 0.25) is 0 Å². The Labute approximate surface area is 93.4 Å². The van der Waals surface area contributed by atoms with Gasteiger partial charge in [0, 0.05) is 5.54 Å². The van der Waals surface area contributed by atoms with E-state index in [0.717, 1.165) is 0 Å². The number of carbonyl (C=O) groups is 3. The first kappa shape index (κ1) is 14.2. The monoisotopic (exact) mass is 231 g/mol. The SMILES string of the molecule is CC(C)(C)NC(=O)NC(CC(N)=O)C(=O)O. The molecule has 0 aliphatic rings. The zero-order valence-electron chi connectivity index (χ0n) is 9.53. The number of nitrogens with two attached hydrogens (primary N) is 1. The molecule has 0 aromatic rings. The summed E-state index contributed by atoms with van der Waals surface area (Å²) in [6, 6.07) is -1.96. The third-order valence-electron chi connectivity index (χ3n) is 1.50. The Morgan fingerprint density at radius 1 is 1.31 bits per heavy atom. The summed E-state index contributed by atoms with van der Waals surface area (Å²) >= 11 is 0. The van der Waals surface area contributed by atoms with Crippen molar-refractivity contribution in [3.63, 3.8) is 0 Å². The first-order valence-electron chi connectivity index (χ1n) is 4.71. The smallest absolute Gasteiger partial charge is 0.326 e. The summed E-state index contributed by atoms with van der Waals surface area (Å²) in [6.45, 7) is 5.24. The van der Waals surface area contributed by atoms with Crippen LogP contribution in [0.15, 0.2) is 0 Å². The summed E-state index contributed by atoms with van der Waals surface area (Å²) in [5.41, 5.74) is 4.37. The first-order valence-corrected chi connectivity index (χ1v) is 4.71. The normalized spacial score (nSPS) is 12.7. The number of carbonyl (C=O) groups excluding carboxylic acids is 2. The summed E-state index contributed by atoms with van der Waals surface area (Å²) in [4.78, 5) is 32.6. The number of hydrogen-bond acceptors (Lipinski definition) is 3. The average molecular weight is 231 g/mol. The number of amides is 3. The lowest BCUT2D eigenvalue weighted by molar-refractivity contribution is -0.140. The van der Waals surface area contributed by atoms with Crippen LogP contribution in [0.5, 0.6) is 0 Å². The number of aliphatic carboxylic acids is 1. The van der Waals surface area contributed by atoms with Crippen molar-refractivity contribution in [3.05, 3.63) is 0 Å². The lowest BCUT2D eigenvalue weighted by Crippen LogP contribution is -2.52. The van der Waals surface area contributed by atoms with Gasteiger partial charge in [0.1, 0.15) is 6.04 Å². The second-order valence-corrected chi connectivity index (χ2v) is 4.41. The van der Waals surface area contributed by atoms with Gasteiger partial charge in [-0.05, 0) is 20.8 Å². The van der Waals surface area contributed by atoms with E-state index in [1.54, 1.807) is 20.8 Å². The molecule has 0 heterocycles. The Bertz CT molecular complexity index is 296. The number of nitrogens with one attached hydrogen (secondary N) is 2. The summed E-state index contributed by atoms with van der Waals surface area (Å²) < 4.78 is 0. The molecule has 0 bridgehead atoms. The third-order valence-corrected chi connectivity index (χ3v) is 1.50. The molecule has 0 aliphatic heterocycles. The third kappa shape index (κ3) is 6.63. The van der Waals surface area contributed by atoms with Gasteiger partial charge in [-0.15, -0.1) is 0 Å². The van der Waals surface area contributed by atoms with Gasteiger partial charge in [0.2, 0.25) is 5.91 Å². The number of urea groups is 1. The van der Waals surface area contributed by atoms with Gasteiger partial charge in [-0.1, -0.05) is 0 Å². The van der Waals surface area contributed by atoms with Crippen LogP contribution in [0.1, 0.15) is 27.2 Å². The maximum Gasteiger partial charge on any atom is 0.326 e. The van der Waals surface area contributed by atoms with E-state index in [0.29, 0.717) is 0 Å². The lowest BCUT2D eigenvalue weighted by Gasteiger charge is -2.22. The first-order chi connectivity index (χ1) is 7.11. The van der Waals surface area contributed by atoms with Crippen molar-refractivity contribution in [1.29, 1.82) is 0 Å². The molecule has 0 radical (unpaired) electrons. The quantitative estimate of drug-likeness (QED) is 0.516. The van der Waals surface area contributed by atoms with E-state index in [2.05, 4.69) is 10.6 Å². The molecule has 7 nitrogen and oxygen atoms in total. The molecule has 7 heteroatoms. The Kier molecular flexibility index (Phi) is 4.74. The molecule has 1 unspecified atom stereocenters. The van der Waals surface area contributed by atoms with Crippen molar-refractivity contribution in [2.45, 2.75) is 38.8 Å². The fourth-order valence-electron chi connectivity index (χ4n) is 0.936. The largest absolute Gasteiger partial charge is 0.480 e. The van der Waals surface area contributed by atoms with Crippen molar-refractivity contribution in [1.82, 2.24) is 10.6 Å². The standard InChI is InChI=1S/C9H17N3O4/c1-9(2,3)12-8(16)11-5(7(14)15)4-6(10)13/h5H,4H2,1-3H3,(H2,10,13)(H,14,15)(H2,11,12,16). The Morgan fingerprint density at radius 2 is 1.81 bits per heavy atom. The van der Waals surface area contributed by atoms with Gasteiger partial charge >= 0.3 is 12.0 Å². The molecular formula is C9H17N3O4. The summed E-state index contributed by atoms with van der Waals surface area (Å²) in [7, 11) is 0. The minimum atomic E-state index is -1.31. The van der Waals surface area contributed by atoms with Crippen molar-refractivity contribution in [2.75, 3.05) is 0 Å². The predicted octanol–water partition coefficient (Wildman–Crippen LogP) is -0.587. The highest BCUT2D eigenvalue weighted by Gasteiger charge is 2.23. The topological polar surface area (TPSA) is 122 Å². The van der Waals surface area contributed by atoms with Crippen LogP contribution in [0.25, 0.3) is 0 Å². The van der Waals surface area contributed by atoms with Gasteiger partial charge in [0.05, 0.1) is 6.42 Å². The fourth-order valence-corrected chi connectivity index (χ4v) is 0.936. The second-order valence-electron chi connectivity index (χ2n) is 4.41. The maximum absolute atomic E-state index is 11.3. The van der Waals surface area contributed by atoms with E-state index in [1.807, 2.05) is 0 Å². The predicted molar refractivity (Wildman–Crippen MR) is 56.7 cm³/mol. The van der Waals surface area contributed by atoms with E-state index >= 15 is 0 Å². The van der Waals surface area contributed by atoms with Crippen LogP contribution < -0.4 is 16.4 Å². The Balaban J connectivity index is 4.35. The van der Waals surface area contributed by atoms with Crippen LogP contribution in [-0.2, 0) is 9.59 Å². The highest BCUT2D eigenvalue weighted by atomic mass is 16.4. The highest BCUT2D eigenvalue weighted by molar-refractivity contribution is 5.87. The number of carboxylic acids is 1. The molecule has 92 valence electrons. The Morgan fingerprint density at radius 3 is 2.12 bits per heavy atom. The van der Waals surface area contributed by atoms with Crippen molar-refractivity contribution in [3.8, 4) is 0 Å². The molecule has 0 saturated carbocycles. The molecule has 0 aliphatic carbocycles. The molecule has 0 aromatic carbocycles. The highest BCUT2D eigenvalue weighted by Crippen LogP contribution is 1.99. The van der Waals surface area contributed by atoms with Crippen molar-refractivity contribution < 1.29 is 19.5 Å². The van der Waals surface area contributed by atoms with Crippen LogP contribution in [0, 0.1) is 0 Å². The molecule has 0 rings (SSSR count). The second kappa shape index (κ2) is 5.34. The van der Waals surface area contributed by atoms with Gasteiger partial charge in [-0.2, -0.15) is 0 Å². The van der Waals surface area contributed by atoms with E-state index in [4.69, 9.17) is 10.8 Å². The van der Waals surface area contributed by atoms with Crippen molar-refractivity contribution >= 4 is 17.9 Å². The molecule has 0 fully saturated rings. The minimum absolute atomic E-state index is 0.438. The fraction of sp³-hybridized carbons (Fsp3) is 0.667. The summed E-state index contributed by atoms with van der Waals surface area (Å²) in [5, 5.41) is 13.4. The minimum Gasteiger partial charge on any atom is -0.480 e. The number of primary amides is 1. The van der Waals surface area contributed by atoms with Crippen LogP contribution in [-0.4, -0.2) is 34.6 Å². The zero-order chi connectivity index (χ0) is 12.9. The average Bonchev–Trinajstić information content (AvgIpc) is 1.97. The van der Waals surface area contributed by atoms with Gasteiger partial charge < -0.3 is 21.5 Å².